The molecule has 1 aromatic heterocycles. The van der Waals surface area contributed by atoms with E-state index in [4.69, 9.17) is 33.8 Å². The highest BCUT2D eigenvalue weighted by molar-refractivity contribution is 7.95. The summed E-state index contributed by atoms with van der Waals surface area (Å²) in [6, 6.07) is 0. The smallest absolute Gasteiger partial charge is 0.444 e. The van der Waals surface area contributed by atoms with Gasteiger partial charge in [-0.25, -0.2) is 9.78 Å². The number of hydrogen-bond acceptors (Lipinski definition) is 11. The number of ketones is 1. The van der Waals surface area contributed by atoms with E-state index in [0.29, 0.717) is 75.3 Å². The van der Waals surface area contributed by atoms with Gasteiger partial charge in [-0.3, -0.25) is 4.79 Å². The number of amides is 1. The minimum Gasteiger partial charge on any atom is -0.444 e. The molecule has 3 aliphatic heterocycles. The molecule has 6 rings (SSSR count). The van der Waals surface area contributed by atoms with E-state index in [-0.39, 0.29) is 31.1 Å². The molecule has 0 radical (unpaired) electrons. The SMILES string of the molecule is CC(C)(C)OC(=O)N1Cc2c(OSC(F)(F)F)nc(C(=O)C3=C(N)[C@]4(CCCCC45OCCO5)CCC3)nc2[C@@]2(CCOC2)C1. The quantitative estimate of drug-likeness (QED) is 0.334. The Bertz CT molecular complexity index is 1390. The Kier molecular flexibility index (Phi) is 8.31. The maximum absolute atomic E-state index is 14.3. The molecule has 2 atom stereocenters. The van der Waals surface area contributed by atoms with E-state index in [2.05, 4.69) is 4.98 Å². The third-order valence-electron chi connectivity index (χ3n) is 9.47. The number of nitrogens with zero attached hydrogens (tertiary/aromatic N) is 3. The largest absolute Gasteiger partial charge is 0.479 e. The highest BCUT2D eigenvalue weighted by Crippen LogP contribution is 2.58. The zero-order valence-electron chi connectivity index (χ0n) is 25.7. The van der Waals surface area contributed by atoms with E-state index < -0.39 is 57.5 Å². The van der Waals surface area contributed by atoms with E-state index in [1.165, 1.54) is 4.90 Å². The Morgan fingerprint density at radius 2 is 1.71 bits per heavy atom. The molecule has 2 saturated heterocycles. The molecule has 248 valence electrons. The van der Waals surface area contributed by atoms with E-state index in [0.717, 1.165) is 12.8 Å². The topological polar surface area (TPSA) is 135 Å². The summed E-state index contributed by atoms with van der Waals surface area (Å²) in [7, 11) is 0. The van der Waals surface area contributed by atoms with Crippen molar-refractivity contribution < 1.29 is 45.9 Å². The number of alkyl halides is 3. The first-order chi connectivity index (χ1) is 21.2. The van der Waals surface area contributed by atoms with Crippen LogP contribution in [0.25, 0.3) is 0 Å². The van der Waals surface area contributed by atoms with Gasteiger partial charge in [0.25, 0.3) is 0 Å². The van der Waals surface area contributed by atoms with E-state index >= 15 is 0 Å². The second-order valence-electron chi connectivity index (χ2n) is 13.5. The van der Waals surface area contributed by atoms with Crippen molar-refractivity contribution in [2.45, 2.75) is 101 Å². The highest BCUT2D eigenvalue weighted by Gasteiger charge is 2.60. The second kappa shape index (κ2) is 11.6. The van der Waals surface area contributed by atoms with Gasteiger partial charge in [0.1, 0.15) is 5.60 Å². The molecular weight excluding hydrogens is 617 g/mol. The van der Waals surface area contributed by atoms with Crippen molar-refractivity contribution in [3.63, 3.8) is 0 Å². The van der Waals surface area contributed by atoms with Crippen LogP contribution in [0.1, 0.15) is 94.0 Å². The highest BCUT2D eigenvalue weighted by atomic mass is 32.2. The van der Waals surface area contributed by atoms with Crippen LogP contribution in [-0.2, 0) is 30.9 Å². The predicted octanol–water partition coefficient (Wildman–Crippen LogP) is 5.32. The first-order valence-corrected chi connectivity index (χ1v) is 16.1. The van der Waals surface area contributed by atoms with Gasteiger partial charge in [-0.15, -0.1) is 0 Å². The van der Waals surface area contributed by atoms with Gasteiger partial charge in [-0.2, -0.15) is 18.2 Å². The summed E-state index contributed by atoms with van der Waals surface area (Å²) in [5, 5.41) is 0. The van der Waals surface area contributed by atoms with Crippen molar-refractivity contribution in [3.05, 3.63) is 28.4 Å². The summed E-state index contributed by atoms with van der Waals surface area (Å²) in [6.45, 7) is 6.50. The Morgan fingerprint density at radius 3 is 2.38 bits per heavy atom. The summed E-state index contributed by atoms with van der Waals surface area (Å²) in [5.74, 6) is -2.23. The van der Waals surface area contributed by atoms with Gasteiger partial charge >= 0.3 is 11.6 Å². The lowest BCUT2D eigenvalue weighted by Crippen LogP contribution is -2.56. The number of fused-ring (bicyclic) bond motifs is 3. The second-order valence-corrected chi connectivity index (χ2v) is 14.3. The van der Waals surface area contributed by atoms with Gasteiger partial charge in [0, 0.05) is 30.8 Å². The Hall–Kier alpha value is -2.62. The van der Waals surface area contributed by atoms with E-state index in [1.54, 1.807) is 20.8 Å². The maximum Gasteiger partial charge on any atom is 0.479 e. The molecule has 4 heterocycles. The Labute approximate surface area is 263 Å². The van der Waals surface area contributed by atoms with E-state index in [9.17, 15) is 22.8 Å². The van der Waals surface area contributed by atoms with Crippen LogP contribution < -0.4 is 9.92 Å². The number of ether oxygens (including phenoxy) is 4. The molecule has 3 spiro atoms. The van der Waals surface area contributed by atoms with Gasteiger partial charge in [-0.05, 0) is 59.3 Å². The molecule has 0 bridgehead atoms. The zero-order chi connectivity index (χ0) is 32.3. The summed E-state index contributed by atoms with van der Waals surface area (Å²) in [6.07, 6.45) is 4.64. The number of Topliss-reactive ketones (excluding diaryl/α,β-unsaturated/α-hetero) is 1. The molecule has 1 saturated carbocycles. The van der Waals surface area contributed by atoms with Crippen LogP contribution in [0.4, 0.5) is 18.0 Å². The molecule has 11 nitrogen and oxygen atoms in total. The van der Waals surface area contributed by atoms with Crippen LogP contribution in [0.15, 0.2) is 11.3 Å². The molecule has 2 N–H and O–H groups in total. The molecule has 0 unspecified atom stereocenters. The van der Waals surface area contributed by atoms with Crippen molar-refractivity contribution in [1.82, 2.24) is 14.9 Å². The zero-order valence-corrected chi connectivity index (χ0v) is 26.5. The van der Waals surface area contributed by atoms with Gasteiger partial charge < -0.3 is 33.8 Å². The molecule has 15 heteroatoms. The number of carbonyl (C=O) groups excluding carboxylic acids is 2. The van der Waals surface area contributed by atoms with Crippen LogP contribution in [-0.4, -0.2) is 76.6 Å². The van der Waals surface area contributed by atoms with Gasteiger partial charge in [0.15, 0.2) is 17.8 Å². The summed E-state index contributed by atoms with van der Waals surface area (Å²) in [4.78, 5) is 37.8. The summed E-state index contributed by atoms with van der Waals surface area (Å²) in [5.41, 5.74) is 0.915. The molecule has 5 aliphatic rings. The number of allylic oxidation sites excluding steroid dienone is 1. The standard InChI is InChI=1S/C30H39F3N4O7S/c1-26(2,3)43-25(39)37-15-19-22(27(16-37)11-12-40-17-27)35-23(36-24(19)44-45-30(31,32)33)20(38)18-7-6-9-28(21(18)34)8-4-5-10-29(28)41-13-14-42-29/h4-17,34H2,1-3H3/t27-,28-/m0/s1. The minimum atomic E-state index is -4.75. The van der Waals surface area contributed by atoms with Crippen molar-refractivity contribution in [2.75, 3.05) is 33.0 Å². The first-order valence-electron chi connectivity index (χ1n) is 15.4. The fourth-order valence-corrected chi connectivity index (χ4v) is 7.92. The Balaban J connectivity index is 1.44. The van der Waals surface area contributed by atoms with Crippen molar-refractivity contribution >= 4 is 23.9 Å². The lowest BCUT2D eigenvalue weighted by molar-refractivity contribution is -0.248. The van der Waals surface area contributed by atoms with Crippen LogP contribution in [0.2, 0.25) is 0 Å². The Morgan fingerprint density at radius 1 is 1.00 bits per heavy atom. The van der Waals surface area contributed by atoms with Gasteiger partial charge in [-0.1, -0.05) is 6.42 Å². The number of hydrogen-bond donors (Lipinski definition) is 1. The fraction of sp³-hybridized carbons (Fsp3) is 0.733. The molecule has 2 aliphatic carbocycles. The maximum atomic E-state index is 14.3. The average Bonchev–Trinajstić information content (AvgIpc) is 3.64. The normalized spacial score (nSPS) is 28.2. The lowest BCUT2D eigenvalue weighted by atomic mass is 9.61. The van der Waals surface area contributed by atoms with Crippen LogP contribution in [0.5, 0.6) is 5.88 Å². The number of halogens is 3. The minimum absolute atomic E-state index is 0.135. The third kappa shape index (κ3) is 5.89. The molecule has 45 heavy (non-hydrogen) atoms. The average molecular weight is 657 g/mol. The molecule has 1 aromatic rings. The summed E-state index contributed by atoms with van der Waals surface area (Å²) < 4.78 is 69.0. The molecule has 0 aromatic carbocycles. The predicted molar refractivity (Wildman–Crippen MR) is 155 cm³/mol. The van der Waals surface area contributed by atoms with Gasteiger partial charge in [0.2, 0.25) is 17.5 Å². The lowest BCUT2D eigenvalue weighted by Gasteiger charge is -2.52. The van der Waals surface area contributed by atoms with E-state index in [1.807, 2.05) is 0 Å². The third-order valence-corrected chi connectivity index (χ3v) is 9.90. The molecule has 1 amide bonds. The molecule has 3 fully saturated rings. The first kappa shape index (κ1) is 32.3. The van der Waals surface area contributed by atoms with Crippen LogP contribution in [0, 0.1) is 5.41 Å². The van der Waals surface area contributed by atoms with Crippen molar-refractivity contribution in [2.24, 2.45) is 11.1 Å². The van der Waals surface area contributed by atoms with Gasteiger partial charge in [0.05, 0.1) is 48.5 Å². The van der Waals surface area contributed by atoms with Crippen LogP contribution >= 0.6 is 12.0 Å². The number of rotatable bonds is 4. The van der Waals surface area contributed by atoms with Crippen molar-refractivity contribution in [3.8, 4) is 5.88 Å². The van der Waals surface area contributed by atoms with Crippen molar-refractivity contribution in [1.29, 1.82) is 0 Å². The summed E-state index contributed by atoms with van der Waals surface area (Å²) >= 11 is -0.740. The molecular formula is C30H39F3N4O7S. The number of carbonyl (C=O) groups is 2. The monoisotopic (exact) mass is 656 g/mol. The fourth-order valence-electron chi connectivity index (χ4n) is 7.60. The van der Waals surface area contributed by atoms with Crippen LogP contribution in [0.3, 0.4) is 0 Å². The number of nitrogens with two attached hydrogens (primary N) is 1. The number of aromatic nitrogens is 2.